The molecule has 0 bridgehead atoms. The Labute approximate surface area is 118 Å². The second kappa shape index (κ2) is 4.52. The molecule has 0 N–H and O–H groups in total. The highest BCUT2D eigenvalue weighted by molar-refractivity contribution is 9.10. The maximum absolute atomic E-state index is 12.1. The Hall–Kier alpha value is -1.56. The van der Waals surface area contributed by atoms with Gasteiger partial charge in [0.15, 0.2) is 0 Å². The van der Waals surface area contributed by atoms with Gasteiger partial charge in [-0.2, -0.15) is 4.57 Å². The molecule has 2 aromatic rings. The third-order valence-electron chi connectivity index (χ3n) is 2.59. The van der Waals surface area contributed by atoms with Gasteiger partial charge in [-0.15, -0.1) is 0 Å². The highest BCUT2D eigenvalue weighted by Gasteiger charge is 2.23. The van der Waals surface area contributed by atoms with Crippen molar-refractivity contribution >= 4 is 33.1 Å². The predicted octanol–water partition coefficient (Wildman–Crippen LogP) is 2.89. The summed E-state index contributed by atoms with van der Waals surface area (Å²) < 4.78 is 8.52. The van der Waals surface area contributed by atoms with Crippen LogP contribution in [0.1, 0.15) is 20.8 Å². The molecule has 1 aromatic heterocycles. The summed E-state index contributed by atoms with van der Waals surface area (Å²) in [5, 5.41) is 0. The van der Waals surface area contributed by atoms with Crippen LogP contribution < -0.4 is 5.69 Å². The van der Waals surface area contributed by atoms with E-state index in [1.54, 1.807) is 40.0 Å². The van der Waals surface area contributed by atoms with Gasteiger partial charge in [-0.1, -0.05) is 15.9 Å². The summed E-state index contributed by atoms with van der Waals surface area (Å²) in [4.78, 5) is 24.3. The van der Waals surface area contributed by atoms with Crippen LogP contribution in [0.25, 0.3) is 11.0 Å². The molecule has 5 nitrogen and oxygen atoms in total. The number of carbonyl (C=O) groups is 1. The van der Waals surface area contributed by atoms with E-state index in [1.165, 1.54) is 4.57 Å². The molecule has 0 aliphatic carbocycles. The number of carbonyl (C=O) groups excluding carboxylic acids is 1. The van der Waals surface area contributed by atoms with Gasteiger partial charge in [0, 0.05) is 11.5 Å². The fourth-order valence-corrected chi connectivity index (χ4v) is 2.15. The molecule has 0 saturated carbocycles. The highest BCUT2D eigenvalue weighted by Crippen LogP contribution is 2.19. The summed E-state index contributed by atoms with van der Waals surface area (Å²) >= 11 is 3.33. The van der Waals surface area contributed by atoms with Crippen molar-refractivity contribution in [2.75, 3.05) is 0 Å². The van der Waals surface area contributed by atoms with Crippen molar-refractivity contribution < 1.29 is 9.53 Å². The van der Waals surface area contributed by atoms with Crippen molar-refractivity contribution in [2.45, 2.75) is 26.4 Å². The molecule has 0 unspecified atom stereocenters. The number of imidazole rings is 1. The van der Waals surface area contributed by atoms with E-state index in [0.717, 1.165) is 9.04 Å². The van der Waals surface area contributed by atoms with Crippen LogP contribution in [0.15, 0.2) is 27.5 Å². The zero-order valence-electron chi connectivity index (χ0n) is 11.2. The zero-order valence-corrected chi connectivity index (χ0v) is 12.8. The first kappa shape index (κ1) is 13.9. The van der Waals surface area contributed by atoms with Crippen LogP contribution in [0.3, 0.4) is 0 Å². The monoisotopic (exact) mass is 326 g/mol. The predicted molar refractivity (Wildman–Crippen MR) is 76.5 cm³/mol. The minimum atomic E-state index is -0.666. The summed E-state index contributed by atoms with van der Waals surface area (Å²) in [6.07, 6.45) is -0.666. The number of fused-ring (bicyclic) bond motifs is 1. The molecule has 6 heteroatoms. The van der Waals surface area contributed by atoms with Gasteiger partial charge in [0.2, 0.25) is 0 Å². The first-order chi connectivity index (χ1) is 8.70. The number of ether oxygens (including phenoxy) is 1. The van der Waals surface area contributed by atoms with Crippen LogP contribution >= 0.6 is 15.9 Å². The molecule has 1 aromatic carbocycles. The number of hydrogen-bond acceptors (Lipinski definition) is 3. The van der Waals surface area contributed by atoms with Gasteiger partial charge in [0.1, 0.15) is 5.60 Å². The first-order valence-corrected chi connectivity index (χ1v) is 6.60. The summed E-state index contributed by atoms with van der Waals surface area (Å²) in [6.45, 7) is 5.28. The van der Waals surface area contributed by atoms with E-state index in [-0.39, 0.29) is 0 Å². The second-order valence-electron chi connectivity index (χ2n) is 5.29. The highest BCUT2D eigenvalue weighted by atomic mass is 79.9. The minimum absolute atomic E-state index is 0.414. The second-order valence-corrected chi connectivity index (χ2v) is 6.21. The van der Waals surface area contributed by atoms with Crippen LogP contribution in [-0.4, -0.2) is 20.8 Å². The molecule has 0 atom stereocenters. The number of rotatable bonds is 0. The maximum atomic E-state index is 12.1. The molecule has 2 rings (SSSR count). The number of hydrogen-bond donors (Lipinski definition) is 0. The van der Waals surface area contributed by atoms with Crippen molar-refractivity contribution in [2.24, 2.45) is 7.05 Å². The van der Waals surface area contributed by atoms with Crippen molar-refractivity contribution in [3.63, 3.8) is 0 Å². The van der Waals surface area contributed by atoms with Gasteiger partial charge in [-0.3, -0.25) is 4.57 Å². The lowest BCUT2D eigenvalue weighted by Gasteiger charge is -2.19. The van der Waals surface area contributed by atoms with Gasteiger partial charge >= 0.3 is 11.8 Å². The fraction of sp³-hybridized carbons (Fsp3) is 0.385. The van der Waals surface area contributed by atoms with E-state index < -0.39 is 17.4 Å². The minimum Gasteiger partial charge on any atom is -0.443 e. The van der Waals surface area contributed by atoms with Crippen molar-refractivity contribution in [1.82, 2.24) is 9.13 Å². The lowest BCUT2D eigenvalue weighted by Crippen LogP contribution is -2.33. The Bertz CT molecular complexity index is 707. The van der Waals surface area contributed by atoms with Crippen LogP contribution in [0.5, 0.6) is 0 Å². The standard InChI is InChI=1S/C13H15BrN2O3/c1-13(2,3)19-12(18)16-10-7-8(14)5-6-9(10)15(4)11(16)17/h5-7H,1-4H3. The van der Waals surface area contributed by atoms with Crippen LogP contribution in [0.4, 0.5) is 4.79 Å². The quantitative estimate of drug-likeness (QED) is 0.748. The van der Waals surface area contributed by atoms with Crippen molar-refractivity contribution in [3.8, 4) is 0 Å². The summed E-state index contributed by atoms with van der Waals surface area (Å²) in [5.41, 5.74) is 0.141. The molecule has 102 valence electrons. The third-order valence-corrected chi connectivity index (χ3v) is 3.09. The molecular weight excluding hydrogens is 312 g/mol. The van der Waals surface area contributed by atoms with E-state index in [0.29, 0.717) is 11.0 Å². The van der Waals surface area contributed by atoms with Gasteiger partial charge < -0.3 is 4.74 Å². The van der Waals surface area contributed by atoms with E-state index in [2.05, 4.69) is 15.9 Å². The molecule has 0 aliphatic heterocycles. The Morgan fingerprint density at radius 1 is 1.26 bits per heavy atom. The Kier molecular flexibility index (Phi) is 3.30. The smallest absolute Gasteiger partial charge is 0.423 e. The molecule has 0 aliphatic rings. The fourth-order valence-electron chi connectivity index (χ4n) is 1.80. The average Bonchev–Trinajstić information content (AvgIpc) is 2.48. The van der Waals surface area contributed by atoms with Gasteiger partial charge in [-0.25, -0.2) is 9.59 Å². The van der Waals surface area contributed by atoms with E-state index in [9.17, 15) is 9.59 Å². The topological polar surface area (TPSA) is 53.2 Å². The molecular formula is C13H15BrN2O3. The SMILES string of the molecule is Cn1c(=O)n(C(=O)OC(C)(C)C)c2cc(Br)ccc21. The molecule has 0 radical (unpaired) electrons. The third kappa shape index (κ3) is 2.58. The average molecular weight is 327 g/mol. The van der Waals surface area contributed by atoms with Gasteiger partial charge in [-0.05, 0) is 39.0 Å². The lowest BCUT2D eigenvalue weighted by atomic mass is 10.2. The van der Waals surface area contributed by atoms with E-state index in [4.69, 9.17) is 4.74 Å². The largest absolute Gasteiger partial charge is 0.443 e. The van der Waals surface area contributed by atoms with Gasteiger partial charge in [0.05, 0.1) is 11.0 Å². The van der Waals surface area contributed by atoms with Crippen LogP contribution in [-0.2, 0) is 11.8 Å². The van der Waals surface area contributed by atoms with E-state index >= 15 is 0 Å². The number of benzene rings is 1. The van der Waals surface area contributed by atoms with E-state index in [1.807, 2.05) is 6.07 Å². The number of nitrogens with zero attached hydrogens (tertiary/aromatic N) is 2. The number of aryl methyl sites for hydroxylation is 1. The number of aromatic nitrogens is 2. The summed E-state index contributed by atoms with van der Waals surface area (Å²) in [7, 11) is 1.62. The summed E-state index contributed by atoms with van der Waals surface area (Å²) in [5.74, 6) is 0. The molecule has 0 saturated heterocycles. The Balaban J connectivity index is 2.66. The Morgan fingerprint density at radius 3 is 2.47 bits per heavy atom. The number of halogens is 1. The lowest BCUT2D eigenvalue weighted by molar-refractivity contribution is 0.0537. The van der Waals surface area contributed by atoms with Gasteiger partial charge in [0.25, 0.3) is 0 Å². The summed E-state index contributed by atoms with van der Waals surface area (Å²) in [6, 6.07) is 5.32. The normalized spacial score (nSPS) is 11.8. The van der Waals surface area contributed by atoms with Crippen molar-refractivity contribution in [1.29, 1.82) is 0 Å². The first-order valence-electron chi connectivity index (χ1n) is 5.81. The zero-order chi connectivity index (χ0) is 14.4. The van der Waals surface area contributed by atoms with Crippen LogP contribution in [0, 0.1) is 0 Å². The molecule has 0 amide bonds. The molecule has 1 heterocycles. The van der Waals surface area contributed by atoms with Crippen LogP contribution in [0.2, 0.25) is 0 Å². The molecule has 0 fully saturated rings. The van der Waals surface area contributed by atoms with Crippen molar-refractivity contribution in [3.05, 3.63) is 33.2 Å². The maximum Gasteiger partial charge on any atom is 0.423 e. The molecule has 0 spiro atoms. The molecule has 19 heavy (non-hydrogen) atoms. The Morgan fingerprint density at radius 2 is 1.89 bits per heavy atom.